The molecule has 1 aliphatic heterocycles. The highest BCUT2D eigenvalue weighted by Crippen LogP contribution is 2.42. The maximum absolute atomic E-state index is 13.2. The van der Waals surface area contributed by atoms with Gasteiger partial charge in [0.1, 0.15) is 0 Å². The predicted molar refractivity (Wildman–Crippen MR) is 114 cm³/mol. The molecule has 0 bridgehead atoms. The van der Waals surface area contributed by atoms with E-state index in [1.54, 1.807) is 0 Å². The largest absolute Gasteiger partial charge is 0.441 e. The molecule has 29 heavy (non-hydrogen) atoms. The van der Waals surface area contributed by atoms with Crippen LogP contribution in [0.1, 0.15) is 68.9 Å². The molecule has 2 aromatic carbocycles. The van der Waals surface area contributed by atoms with Crippen molar-refractivity contribution in [2.45, 2.75) is 70.3 Å². The molecule has 3 heteroatoms. The second-order valence-electron chi connectivity index (χ2n) is 8.57. The monoisotopic (exact) mass is 396 g/mol. The zero-order valence-electron chi connectivity index (χ0n) is 17.2. The number of ether oxygens (including phenoxy) is 1. The first kappa shape index (κ1) is 20.1. The number of rotatable bonds is 5. The number of halogens is 2. The Morgan fingerprint density at radius 2 is 1.45 bits per heavy atom. The highest BCUT2D eigenvalue weighted by molar-refractivity contribution is 5.64. The van der Waals surface area contributed by atoms with E-state index in [4.69, 9.17) is 0 Å². The van der Waals surface area contributed by atoms with E-state index in [1.165, 1.54) is 34.9 Å². The molecule has 1 aliphatic carbocycles. The number of alkyl halides is 2. The molecular formula is C26H30F2O. The number of benzene rings is 2. The maximum Gasteiger partial charge on any atom is 0.397 e. The second kappa shape index (κ2) is 8.69. The van der Waals surface area contributed by atoms with Crippen LogP contribution in [0.4, 0.5) is 8.78 Å². The first-order chi connectivity index (χ1) is 14.0. The molecular weight excluding hydrogens is 366 g/mol. The molecule has 0 N–H and O–H groups in total. The van der Waals surface area contributed by atoms with Crippen molar-refractivity contribution in [3.05, 3.63) is 71.5 Å². The molecule has 1 saturated carbocycles. The molecule has 0 aromatic heterocycles. The van der Waals surface area contributed by atoms with Gasteiger partial charge in [-0.1, -0.05) is 61.9 Å². The SMILES string of the molecule is CCCc1ccc(-c2ccc(C3CCC(C4=COC(F)(F)CC4)CC3)cc2)cc1. The van der Waals surface area contributed by atoms with Gasteiger partial charge in [-0.25, -0.2) is 0 Å². The first-order valence-electron chi connectivity index (χ1n) is 11.0. The molecule has 2 aromatic rings. The Morgan fingerprint density at radius 3 is 2.00 bits per heavy atom. The molecule has 0 atom stereocenters. The summed E-state index contributed by atoms with van der Waals surface area (Å²) >= 11 is 0. The van der Waals surface area contributed by atoms with Gasteiger partial charge >= 0.3 is 6.11 Å². The fraction of sp³-hybridized carbons (Fsp3) is 0.462. The highest BCUT2D eigenvalue weighted by Gasteiger charge is 2.35. The van der Waals surface area contributed by atoms with Crippen molar-refractivity contribution < 1.29 is 13.5 Å². The summed E-state index contributed by atoms with van der Waals surface area (Å²) in [6, 6.07) is 17.9. The van der Waals surface area contributed by atoms with Crippen LogP contribution in [0.5, 0.6) is 0 Å². The number of hydrogen-bond acceptors (Lipinski definition) is 1. The van der Waals surface area contributed by atoms with E-state index in [2.05, 4.69) is 60.2 Å². The van der Waals surface area contributed by atoms with Crippen molar-refractivity contribution in [1.29, 1.82) is 0 Å². The average Bonchev–Trinajstić information content (AvgIpc) is 2.75. The van der Waals surface area contributed by atoms with E-state index in [0.717, 1.165) is 37.7 Å². The maximum atomic E-state index is 13.2. The molecule has 1 fully saturated rings. The summed E-state index contributed by atoms with van der Waals surface area (Å²) in [6.45, 7) is 2.21. The zero-order chi connectivity index (χ0) is 20.3. The van der Waals surface area contributed by atoms with Gasteiger partial charge in [0.15, 0.2) is 0 Å². The van der Waals surface area contributed by atoms with Gasteiger partial charge in [-0.3, -0.25) is 0 Å². The lowest BCUT2D eigenvalue weighted by Gasteiger charge is -2.32. The fourth-order valence-corrected chi connectivity index (χ4v) is 4.77. The Bertz CT molecular complexity index is 828. The highest BCUT2D eigenvalue weighted by atomic mass is 19.3. The van der Waals surface area contributed by atoms with Crippen LogP contribution in [0.15, 0.2) is 60.4 Å². The van der Waals surface area contributed by atoms with Crippen molar-refractivity contribution in [1.82, 2.24) is 0 Å². The van der Waals surface area contributed by atoms with Gasteiger partial charge in [-0.15, -0.1) is 0 Å². The minimum atomic E-state index is -2.97. The third-order valence-corrected chi connectivity index (χ3v) is 6.55. The molecule has 2 aliphatic rings. The smallest absolute Gasteiger partial charge is 0.397 e. The van der Waals surface area contributed by atoms with Crippen molar-refractivity contribution in [3.8, 4) is 11.1 Å². The van der Waals surface area contributed by atoms with Crippen LogP contribution in [0, 0.1) is 5.92 Å². The average molecular weight is 397 g/mol. The molecule has 0 spiro atoms. The predicted octanol–water partition coefficient (Wildman–Crippen LogP) is 7.87. The Balaban J connectivity index is 1.35. The van der Waals surface area contributed by atoms with Crippen LogP contribution in [-0.2, 0) is 11.2 Å². The zero-order valence-corrected chi connectivity index (χ0v) is 17.2. The molecule has 0 saturated heterocycles. The molecule has 0 radical (unpaired) electrons. The van der Waals surface area contributed by atoms with Gasteiger partial charge in [0.25, 0.3) is 0 Å². The lowest BCUT2D eigenvalue weighted by molar-refractivity contribution is -0.215. The first-order valence-corrected chi connectivity index (χ1v) is 11.0. The van der Waals surface area contributed by atoms with Gasteiger partial charge in [-0.05, 0) is 78.2 Å². The van der Waals surface area contributed by atoms with Crippen molar-refractivity contribution in [2.75, 3.05) is 0 Å². The normalized spacial score (nSPS) is 23.9. The van der Waals surface area contributed by atoms with Crippen molar-refractivity contribution in [3.63, 3.8) is 0 Å². The minimum absolute atomic E-state index is 0.181. The lowest BCUT2D eigenvalue weighted by Crippen LogP contribution is -2.25. The standard InChI is InChI=1S/C26H30F2O/c1-2-3-19-4-6-20(7-5-19)21-8-10-22(11-9-21)23-12-14-24(15-13-23)25-16-17-26(27,28)29-18-25/h4-11,18,23-24H,2-3,12-17H2,1H3. The van der Waals surface area contributed by atoms with Gasteiger partial charge in [0.05, 0.1) is 12.7 Å². The Labute approximate surface area is 172 Å². The fourth-order valence-electron chi connectivity index (χ4n) is 4.77. The van der Waals surface area contributed by atoms with E-state index < -0.39 is 6.11 Å². The third-order valence-electron chi connectivity index (χ3n) is 6.55. The van der Waals surface area contributed by atoms with Gasteiger partial charge in [0.2, 0.25) is 0 Å². The number of hydrogen-bond donors (Lipinski definition) is 0. The van der Waals surface area contributed by atoms with Gasteiger partial charge < -0.3 is 4.74 Å². The molecule has 1 heterocycles. The Kier molecular flexibility index (Phi) is 6.03. The summed E-state index contributed by atoms with van der Waals surface area (Å²) in [7, 11) is 0. The Hall–Kier alpha value is -2.16. The van der Waals surface area contributed by atoms with Crippen LogP contribution in [0.2, 0.25) is 0 Å². The van der Waals surface area contributed by atoms with Crippen LogP contribution in [0.3, 0.4) is 0 Å². The van der Waals surface area contributed by atoms with Crippen LogP contribution >= 0.6 is 0 Å². The van der Waals surface area contributed by atoms with Crippen LogP contribution in [-0.4, -0.2) is 6.11 Å². The van der Waals surface area contributed by atoms with E-state index in [0.29, 0.717) is 18.3 Å². The quantitative estimate of drug-likeness (QED) is 0.500. The summed E-state index contributed by atoms with van der Waals surface area (Å²) < 4.78 is 31.0. The van der Waals surface area contributed by atoms with Gasteiger partial charge in [0, 0.05) is 0 Å². The molecule has 154 valence electrons. The summed E-state index contributed by atoms with van der Waals surface area (Å²) in [5.41, 5.74) is 6.40. The summed E-state index contributed by atoms with van der Waals surface area (Å²) in [6.07, 6.45) is 5.31. The second-order valence-corrected chi connectivity index (χ2v) is 8.57. The Morgan fingerprint density at radius 1 is 0.862 bits per heavy atom. The third kappa shape index (κ3) is 4.88. The molecule has 1 nitrogen and oxygen atoms in total. The lowest BCUT2D eigenvalue weighted by atomic mass is 9.75. The minimum Gasteiger partial charge on any atom is -0.441 e. The molecule has 0 unspecified atom stereocenters. The van der Waals surface area contributed by atoms with Crippen LogP contribution < -0.4 is 0 Å². The summed E-state index contributed by atoms with van der Waals surface area (Å²) in [4.78, 5) is 0. The van der Waals surface area contributed by atoms with Crippen LogP contribution in [0.25, 0.3) is 11.1 Å². The summed E-state index contributed by atoms with van der Waals surface area (Å²) in [5.74, 6) is 0.974. The summed E-state index contributed by atoms with van der Waals surface area (Å²) in [5, 5.41) is 0. The van der Waals surface area contributed by atoms with E-state index in [1.807, 2.05) is 0 Å². The topological polar surface area (TPSA) is 9.23 Å². The van der Waals surface area contributed by atoms with Crippen molar-refractivity contribution >= 4 is 0 Å². The van der Waals surface area contributed by atoms with Gasteiger partial charge in [-0.2, -0.15) is 8.78 Å². The van der Waals surface area contributed by atoms with E-state index >= 15 is 0 Å². The number of allylic oxidation sites excluding steroid dienone is 1. The van der Waals surface area contributed by atoms with E-state index in [-0.39, 0.29) is 6.42 Å². The van der Waals surface area contributed by atoms with Crippen molar-refractivity contribution in [2.24, 2.45) is 5.92 Å². The molecule has 0 amide bonds. The molecule has 4 rings (SSSR count). The number of aryl methyl sites for hydroxylation is 1. The van der Waals surface area contributed by atoms with E-state index in [9.17, 15) is 8.78 Å².